The highest BCUT2D eigenvalue weighted by Crippen LogP contribution is 2.51. The van der Waals surface area contributed by atoms with Crippen LogP contribution in [0.15, 0.2) is 11.8 Å². The number of imide groups is 1. The maximum Gasteiger partial charge on any atom is 0.241 e. The lowest BCUT2D eigenvalue weighted by molar-refractivity contribution is -0.126. The molecule has 0 aromatic carbocycles. The van der Waals surface area contributed by atoms with E-state index in [0.29, 0.717) is 0 Å². The predicted molar refractivity (Wildman–Crippen MR) is 68.9 cm³/mol. The van der Waals surface area contributed by atoms with Crippen molar-refractivity contribution in [2.45, 2.75) is 32.5 Å². The summed E-state index contributed by atoms with van der Waals surface area (Å²) in [6, 6.07) is 0. The molecule has 4 nitrogen and oxygen atoms in total. The second kappa shape index (κ2) is 3.70. The largest absolute Gasteiger partial charge is 0.547 e. The first-order valence-corrected chi connectivity index (χ1v) is 10.0. The van der Waals surface area contributed by atoms with Gasteiger partial charge >= 0.3 is 0 Å². The van der Waals surface area contributed by atoms with Crippen molar-refractivity contribution in [3.63, 3.8) is 0 Å². The molecular formula is C13H19NO3Si. The number of carbonyl (C=O) groups excluding carboxylic acids is 2. The lowest BCUT2D eigenvalue weighted by Crippen LogP contribution is -2.43. The Morgan fingerprint density at radius 1 is 1.17 bits per heavy atom. The van der Waals surface area contributed by atoms with Gasteiger partial charge in [-0.05, 0) is 44.5 Å². The van der Waals surface area contributed by atoms with E-state index in [9.17, 15) is 9.59 Å². The van der Waals surface area contributed by atoms with Crippen LogP contribution >= 0.6 is 0 Å². The maximum atomic E-state index is 11.9. The van der Waals surface area contributed by atoms with E-state index in [-0.39, 0.29) is 35.5 Å². The minimum Gasteiger partial charge on any atom is -0.547 e. The molecule has 2 fully saturated rings. The summed E-state index contributed by atoms with van der Waals surface area (Å²) >= 11 is 0. The average Bonchev–Trinajstić information content (AvgIpc) is 2.55. The van der Waals surface area contributed by atoms with E-state index in [0.717, 1.165) is 18.6 Å². The second-order valence-corrected chi connectivity index (χ2v) is 11.0. The molecule has 0 aromatic heterocycles. The fraction of sp³-hybridized carbons (Fsp3) is 0.692. The second-order valence-electron chi connectivity index (χ2n) is 6.54. The molecule has 98 valence electrons. The summed E-state index contributed by atoms with van der Waals surface area (Å²) in [5.41, 5.74) is 0. The first-order chi connectivity index (χ1) is 8.37. The van der Waals surface area contributed by atoms with Crippen molar-refractivity contribution < 1.29 is 14.0 Å². The van der Waals surface area contributed by atoms with Crippen LogP contribution in [0.5, 0.6) is 0 Å². The zero-order valence-electron chi connectivity index (χ0n) is 11.0. The zero-order valence-corrected chi connectivity index (χ0v) is 12.0. The first kappa shape index (κ1) is 12.0. The molecule has 1 heterocycles. The molecule has 18 heavy (non-hydrogen) atoms. The van der Waals surface area contributed by atoms with E-state index in [2.05, 4.69) is 31.0 Å². The van der Waals surface area contributed by atoms with E-state index in [1.165, 1.54) is 0 Å². The van der Waals surface area contributed by atoms with Gasteiger partial charge in [-0.15, -0.1) is 0 Å². The van der Waals surface area contributed by atoms with Gasteiger partial charge in [0.25, 0.3) is 0 Å². The summed E-state index contributed by atoms with van der Waals surface area (Å²) in [5.74, 6) is 0.817. The van der Waals surface area contributed by atoms with Gasteiger partial charge < -0.3 is 4.43 Å². The van der Waals surface area contributed by atoms with Crippen molar-refractivity contribution in [3.05, 3.63) is 11.8 Å². The number of nitrogens with one attached hydrogen (secondary N) is 1. The molecule has 1 saturated heterocycles. The molecule has 3 aliphatic carbocycles. The Balaban J connectivity index is 1.93. The Kier molecular flexibility index (Phi) is 2.45. The highest BCUT2D eigenvalue weighted by atomic mass is 28.4. The smallest absolute Gasteiger partial charge is 0.241 e. The monoisotopic (exact) mass is 265 g/mol. The normalized spacial score (nSPS) is 38.3. The van der Waals surface area contributed by atoms with Crippen LogP contribution in [0.1, 0.15) is 12.8 Å². The molecular weight excluding hydrogens is 246 g/mol. The topological polar surface area (TPSA) is 55.4 Å². The van der Waals surface area contributed by atoms with Crippen LogP contribution < -0.4 is 5.32 Å². The van der Waals surface area contributed by atoms with Gasteiger partial charge in [-0.25, -0.2) is 0 Å². The summed E-state index contributed by atoms with van der Waals surface area (Å²) in [4.78, 5) is 23.7. The van der Waals surface area contributed by atoms with Gasteiger partial charge in [-0.2, -0.15) is 0 Å². The number of rotatable bonds is 2. The van der Waals surface area contributed by atoms with Crippen molar-refractivity contribution in [2.24, 2.45) is 23.7 Å². The van der Waals surface area contributed by atoms with Gasteiger partial charge in [-0.3, -0.25) is 14.9 Å². The molecule has 2 amide bonds. The maximum absolute atomic E-state index is 11.9. The number of amides is 2. The van der Waals surface area contributed by atoms with Gasteiger partial charge in [0, 0.05) is 5.92 Å². The minimum atomic E-state index is -1.65. The Morgan fingerprint density at radius 3 is 2.50 bits per heavy atom. The molecule has 4 atom stereocenters. The molecule has 2 bridgehead atoms. The molecule has 1 N–H and O–H groups in total. The Hall–Kier alpha value is -1.10. The van der Waals surface area contributed by atoms with Crippen LogP contribution in [0.2, 0.25) is 19.6 Å². The van der Waals surface area contributed by atoms with E-state index in [4.69, 9.17) is 4.43 Å². The molecule has 1 saturated carbocycles. The summed E-state index contributed by atoms with van der Waals surface area (Å²) < 4.78 is 6.11. The molecule has 0 radical (unpaired) electrons. The first-order valence-electron chi connectivity index (χ1n) is 6.62. The van der Waals surface area contributed by atoms with Crippen molar-refractivity contribution >= 4 is 20.1 Å². The van der Waals surface area contributed by atoms with Gasteiger partial charge in [-0.1, -0.05) is 0 Å². The van der Waals surface area contributed by atoms with Crippen molar-refractivity contribution in [1.29, 1.82) is 0 Å². The molecule has 4 aliphatic rings. The van der Waals surface area contributed by atoms with Crippen LogP contribution in [0, 0.1) is 23.7 Å². The van der Waals surface area contributed by atoms with E-state index in [1.807, 2.05) is 0 Å². The lowest BCUT2D eigenvalue weighted by Gasteiger charge is -2.43. The summed E-state index contributed by atoms with van der Waals surface area (Å²) in [7, 11) is -1.65. The molecule has 5 heteroatoms. The lowest BCUT2D eigenvalue weighted by atomic mass is 9.62. The van der Waals surface area contributed by atoms with E-state index in [1.54, 1.807) is 0 Å². The van der Waals surface area contributed by atoms with Gasteiger partial charge in [0.1, 0.15) is 0 Å². The number of hydrogen-bond donors (Lipinski definition) is 1. The van der Waals surface area contributed by atoms with Crippen LogP contribution in [0.3, 0.4) is 0 Å². The van der Waals surface area contributed by atoms with Crippen LogP contribution in [-0.4, -0.2) is 20.1 Å². The fourth-order valence-corrected chi connectivity index (χ4v) is 4.47. The fourth-order valence-electron chi connectivity index (χ4n) is 3.54. The third-order valence-corrected chi connectivity index (χ3v) is 4.96. The minimum absolute atomic E-state index is 0.0806. The Labute approximate surface area is 108 Å². The highest BCUT2D eigenvalue weighted by Gasteiger charge is 2.56. The molecule has 0 aromatic rings. The van der Waals surface area contributed by atoms with Gasteiger partial charge in [0.15, 0.2) is 0 Å². The molecule has 0 unspecified atom stereocenters. The van der Waals surface area contributed by atoms with Crippen LogP contribution in [0.25, 0.3) is 0 Å². The standard InChI is InChI=1S/C13H19NO3Si/c1-18(2,3)17-9-6-7-4-5-8(9)11-10(7)12(15)14-13(11)16/h6-8,10-11H,4-5H2,1-3H3,(H,14,15,16)/t7-,8+,10+,11-/m1/s1. The average molecular weight is 265 g/mol. The third-order valence-electron chi connectivity index (χ3n) is 4.11. The predicted octanol–water partition coefficient (Wildman–Crippen LogP) is 1.65. The van der Waals surface area contributed by atoms with E-state index < -0.39 is 8.32 Å². The highest BCUT2D eigenvalue weighted by molar-refractivity contribution is 6.70. The molecule has 0 spiro atoms. The Morgan fingerprint density at radius 2 is 1.83 bits per heavy atom. The Bertz CT molecular complexity index is 452. The number of hydrogen-bond acceptors (Lipinski definition) is 3. The molecule has 4 rings (SSSR count). The SMILES string of the molecule is C[Si](C)(C)OC1=C[C@H]2CC[C@@H]1[C@H]1C(=O)NC(=O)[C@H]12. The number of carbonyl (C=O) groups is 2. The van der Waals surface area contributed by atoms with Crippen molar-refractivity contribution in [1.82, 2.24) is 5.32 Å². The zero-order chi connectivity index (χ0) is 13.1. The van der Waals surface area contributed by atoms with Crippen molar-refractivity contribution in [3.8, 4) is 0 Å². The summed E-state index contributed by atoms with van der Waals surface area (Å²) in [5, 5.41) is 2.49. The summed E-state index contributed by atoms with van der Waals surface area (Å²) in [6.07, 6.45) is 4.10. The quantitative estimate of drug-likeness (QED) is 0.610. The van der Waals surface area contributed by atoms with Gasteiger partial charge in [0.2, 0.25) is 20.1 Å². The third kappa shape index (κ3) is 1.72. The van der Waals surface area contributed by atoms with Gasteiger partial charge in [0.05, 0.1) is 17.6 Å². The van der Waals surface area contributed by atoms with Crippen molar-refractivity contribution in [2.75, 3.05) is 0 Å². The number of allylic oxidation sites excluding steroid dienone is 2. The number of fused-ring (bicyclic) bond motifs is 1. The van der Waals surface area contributed by atoms with Crippen LogP contribution in [-0.2, 0) is 14.0 Å². The summed E-state index contributed by atoms with van der Waals surface area (Å²) in [6.45, 7) is 6.44. The molecule has 1 aliphatic heterocycles. The van der Waals surface area contributed by atoms with Crippen LogP contribution in [0.4, 0.5) is 0 Å². The van der Waals surface area contributed by atoms with E-state index >= 15 is 0 Å².